The topological polar surface area (TPSA) is 54.8 Å². The van der Waals surface area contributed by atoms with Gasteiger partial charge in [0.1, 0.15) is 11.6 Å². The molecular formula is C13H19N5S. The van der Waals surface area contributed by atoms with E-state index in [-0.39, 0.29) is 0 Å². The second kappa shape index (κ2) is 6.06. The Morgan fingerprint density at radius 1 is 1.26 bits per heavy atom. The molecule has 0 aliphatic carbocycles. The lowest BCUT2D eigenvalue weighted by Gasteiger charge is -2.18. The van der Waals surface area contributed by atoms with Gasteiger partial charge in [0.2, 0.25) is 0 Å². The number of anilines is 1. The zero-order valence-electron chi connectivity index (χ0n) is 11.8. The highest BCUT2D eigenvalue weighted by Gasteiger charge is 2.10. The lowest BCUT2D eigenvalue weighted by Crippen LogP contribution is -2.19. The smallest absolute Gasteiger partial charge is 0.132 e. The number of nitrogens with zero attached hydrogens (tertiary/aromatic N) is 5. The fraction of sp³-hybridized carbons (Fsp3) is 0.538. The largest absolute Gasteiger partial charge is 0.354 e. The van der Waals surface area contributed by atoms with E-state index in [2.05, 4.69) is 31.4 Å². The Morgan fingerprint density at radius 2 is 2.05 bits per heavy atom. The van der Waals surface area contributed by atoms with Crippen molar-refractivity contribution in [3.8, 4) is 0 Å². The van der Waals surface area contributed by atoms with E-state index in [0.717, 1.165) is 42.4 Å². The summed E-state index contributed by atoms with van der Waals surface area (Å²) in [6.45, 7) is 6.92. The Hall–Kier alpha value is -1.56. The van der Waals surface area contributed by atoms with E-state index in [9.17, 15) is 0 Å². The third-order valence-corrected chi connectivity index (χ3v) is 3.69. The summed E-state index contributed by atoms with van der Waals surface area (Å²) < 4.78 is 3.97. The molecule has 0 amide bonds. The molecule has 0 unspecified atom stereocenters. The molecule has 2 rings (SSSR count). The number of aromatic nitrogens is 4. The molecule has 5 nitrogen and oxygen atoms in total. The fourth-order valence-electron chi connectivity index (χ4n) is 1.84. The third-order valence-electron chi connectivity index (χ3n) is 2.88. The highest BCUT2D eigenvalue weighted by atomic mass is 32.1. The Kier molecular flexibility index (Phi) is 4.42. The average Bonchev–Trinajstić information content (AvgIpc) is 2.75. The van der Waals surface area contributed by atoms with Gasteiger partial charge in [0, 0.05) is 25.2 Å². The Labute approximate surface area is 117 Å². The molecule has 0 fully saturated rings. The Morgan fingerprint density at radius 3 is 2.68 bits per heavy atom. The molecule has 0 atom stereocenters. The van der Waals surface area contributed by atoms with Crippen molar-refractivity contribution in [1.29, 1.82) is 0 Å². The van der Waals surface area contributed by atoms with Crippen molar-refractivity contribution in [1.82, 2.24) is 19.6 Å². The molecule has 0 saturated heterocycles. The quantitative estimate of drug-likeness (QED) is 0.840. The van der Waals surface area contributed by atoms with Crippen molar-refractivity contribution in [2.75, 3.05) is 11.9 Å². The first-order chi connectivity index (χ1) is 9.10. The van der Waals surface area contributed by atoms with Gasteiger partial charge in [-0.2, -0.15) is 0 Å². The molecule has 2 aromatic heterocycles. The monoisotopic (exact) mass is 277 g/mol. The molecule has 0 aliphatic heterocycles. The van der Waals surface area contributed by atoms with Crippen LogP contribution in [0.3, 0.4) is 0 Å². The van der Waals surface area contributed by atoms with Crippen molar-refractivity contribution < 1.29 is 0 Å². The van der Waals surface area contributed by atoms with Crippen LogP contribution >= 0.6 is 11.5 Å². The van der Waals surface area contributed by atoms with Crippen molar-refractivity contribution in [2.45, 2.75) is 40.2 Å². The average molecular weight is 277 g/mol. The predicted octanol–water partition coefficient (Wildman–Crippen LogP) is 2.53. The van der Waals surface area contributed by atoms with Crippen LogP contribution in [0.2, 0.25) is 0 Å². The van der Waals surface area contributed by atoms with Crippen LogP contribution in [-0.4, -0.2) is 26.6 Å². The molecule has 0 N–H and O–H groups in total. The van der Waals surface area contributed by atoms with Crippen LogP contribution < -0.4 is 4.90 Å². The summed E-state index contributed by atoms with van der Waals surface area (Å²) in [7, 11) is 2.04. The first-order valence-corrected chi connectivity index (χ1v) is 7.21. The Balaban J connectivity index is 2.18. The van der Waals surface area contributed by atoms with E-state index in [1.54, 1.807) is 0 Å². The van der Waals surface area contributed by atoms with Crippen LogP contribution in [0, 0.1) is 13.8 Å². The van der Waals surface area contributed by atoms with Gasteiger partial charge in [-0.05, 0) is 31.8 Å². The van der Waals surface area contributed by atoms with Crippen molar-refractivity contribution in [3.05, 3.63) is 28.2 Å². The molecule has 0 bridgehead atoms. The van der Waals surface area contributed by atoms with E-state index < -0.39 is 0 Å². The SMILES string of the molecule is CCCc1nc(C)cc(N(C)Cc2snnc2C)n1. The highest BCUT2D eigenvalue weighted by molar-refractivity contribution is 7.05. The number of hydrogen-bond acceptors (Lipinski definition) is 6. The van der Waals surface area contributed by atoms with Gasteiger partial charge in [-0.1, -0.05) is 11.4 Å². The zero-order chi connectivity index (χ0) is 13.8. The second-order valence-corrected chi connectivity index (χ2v) is 5.51. The van der Waals surface area contributed by atoms with Crippen LogP contribution in [0.4, 0.5) is 5.82 Å². The van der Waals surface area contributed by atoms with E-state index in [1.165, 1.54) is 16.4 Å². The summed E-state index contributed by atoms with van der Waals surface area (Å²) in [4.78, 5) is 12.4. The lowest BCUT2D eigenvalue weighted by atomic mass is 10.3. The minimum Gasteiger partial charge on any atom is -0.354 e. The van der Waals surface area contributed by atoms with E-state index in [1.807, 2.05) is 27.0 Å². The number of hydrogen-bond donors (Lipinski definition) is 0. The maximum Gasteiger partial charge on any atom is 0.132 e. The predicted molar refractivity (Wildman–Crippen MR) is 77.5 cm³/mol. The summed E-state index contributed by atoms with van der Waals surface area (Å²) in [5.41, 5.74) is 2.01. The molecule has 2 aromatic rings. The molecule has 19 heavy (non-hydrogen) atoms. The molecule has 0 aliphatic rings. The van der Waals surface area contributed by atoms with Crippen molar-refractivity contribution in [2.24, 2.45) is 0 Å². The van der Waals surface area contributed by atoms with Gasteiger partial charge < -0.3 is 4.90 Å². The number of aryl methyl sites for hydroxylation is 3. The van der Waals surface area contributed by atoms with Gasteiger partial charge in [0.15, 0.2) is 0 Å². The zero-order valence-corrected chi connectivity index (χ0v) is 12.7. The number of rotatable bonds is 5. The first kappa shape index (κ1) is 13.9. The van der Waals surface area contributed by atoms with Crippen molar-refractivity contribution in [3.63, 3.8) is 0 Å². The summed E-state index contributed by atoms with van der Waals surface area (Å²) in [6.07, 6.45) is 1.98. The van der Waals surface area contributed by atoms with E-state index in [0.29, 0.717) is 0 Å². The molecule has 0 radical (unpaired) electrons. The van der Waals surface area contributed by atoms with Gasteiger partial charge >= 0.3 is 0 Å². The summed E-state index contributed by atoms with van der Waals surface area (Å²) in [6, 6.07) is 2.02. The van der Waals surface area contributed by atoms with Gasteiger partial charge in [0.25, 0.3) is 0 Å². The normalized spacial score (nSPS) is 10.7. The first-order valence-electron chi connectivity index (χ1n) is 6.43. The minimum atomic E-state index is 0.783. The molecular weight excluding hydrogens is 258 g/mol. The summed E-state index contributed by atoms with van der Waals surface area (Å²) >= 11 is 1.45. The van der Waals surface area contributed by atoms with E-state index >= 15 is 0 Å². The highest BCUT2D eigenvalue weighted by Crippen LogP contribution is 2.17. The molecule has 2 heterocycles. The van der Waals surface area contributed by atoms with Crippen LogP contribution in [0.5, 0.6) is 0 Å². The van der Waals surface area contributed by atoms with E-state index in [4.69, 9.17) is 0 Å². The van der Waals surface area contributed by atoms with Gasteiger partial charge in [-0.15, -0.1) is 5.10 Å². The summed E-state index contributed by atoms with van der Waals surface area (Å²) in [5.74, 6) is 1.88. The van der Waals surface area contributed by atoms with Gasteiger partial charge in [0.05, 0.1) is 17.1 Å². The molecule has 0 spiro atoms. The maximum atomic E-state index is 4.61. The minimum absolute atomic E-state index is 0.783. The van der Waals surface area contributed by atoms with Crippen LogP contribution in [0.25, 0.3) is 0 Å². The Bertz CT molecular complexity index is 552. The van der Waals surface area contributed by atoms with Gasteiger partial charge in [-0.25, -0.2) is 9.97 Å². The van der Waals surface area contributed by atoms with Gasteiger partial charge in [-0.3, -0.25) is 0 Å². The summed E-state index contributed by atoms with van der Waals surface area (Å²) in [5, 5.41) is 4.04. The van der Waals surface area contributed by atoms with Crippen LogP contribution in [0.1, 0.15) is 35.4 Å². The lowest BCUT2D eigenvalue weighted by molar-refractivity contribution is 0.804. The standard InChI is InChI=1S/C13H19N5S/c1-5-6-12-14-9(2)7-13(15-12)18(4)8-11-10(3)16-17-19-11/h7H,5-6,8H2,1-4H3. The van der Waals surface area contributed by atoms with Crippen molar-refractivity contribution >= 4 is 17.4 Å². The molecule has 6 heteroatoms. The third kappa shape index (κ3) is 3.47. The molecule has 102 valence electrons. The fourth-order valence-corrected chi connectivity index (χ4v) is 2.52. The second-order valence-electron chi connectivity index (χ2n) is 4.67. The molecule has 0 aromatic carbocycles. The van der Waals surface area contributed by atoms with Crippen LogP contribution in [0.15, 0.2) is 6.07 Å². The van der Waals surface area contributed by atoms with Crippen LogP contribution in [-0.2, 0) is 13.0 Å². The molecule has 0 saturated carbocycles. The maximum absolute atomic E-state index is 4.61.